The third-order valence-electron chi connectivity index (χ3n) is 5.89. The fourth-order valence-electron chi connectivity index (χ4n) is 4.17. The van der Waals surface area contributed by atoms with Gasteiger partial charge in [-0.15, -0.1) is 11.3 Å². The number of para-hydroxylation sites is 1. The maximum absolute atomic E-state index is 12.6. The minimum absolute atomic E-state index is 0.0867. The molecule has 1 amide bonds. The summed E-state index contributed by atoms with van der Waals surface area (Å²) >= 11 is 1.55. The molecule has 0 bridgehead atoms. The van der Waals surface area contributed by atoms with E-state index < -0.39 is 0 Å². The lowest BCUT2D eigenvalue weighted by Gasteiger charge is -2.08. The Labute approximate surface area is 206 Å². The smallest absolute Gasteiger partial charge is 0.266 e. The Kier molecular flexibility index (Phi) is 6.29. The zero-order valence-corrected chi connectivity index (χ0v) is 20.4. The molecule has 176 valence electrons. The summed E-state index contributed by atoms with van der Waals surface area (Å²) in [5, 5.41) is 9.46. The van der Waals surface area contributed by atoms with Gasteiger partial charge >= 0.3 is 0 Å². The largest absolute Gasteiger partial charge is 0.354 e. The molecule has 0 spiro atoms. The number of carbonyl (C=O) groups excluding carboxylic acids is 1. The van der Waals surface area contributed by atoms with Crippen LogP contribution in [-0.4, -0.2) is 31.8 Å². The summed E-state index contributed by atoms with van der Waals surface area (Å²) in [7, 11) is 1.97. The van der Waals surface area contributed by atoms with Crippen molar-refractivity contribution < 1.29 is 4.79 Å². The molecule has 0 fully saturated rings. The zero-order chi connectivity index (χ0) is 24.4. The van der Waals surface area contributed by atoms with Crippen molar-refractivity contribution in [2.75, 3.05) is 6.54 Å². The van der Waals surface area contributed by atoms with Crippen LogP contribution in [0.15, 0.2) is 77.7 Å². The van der Waals surface area contributed by atoms with Crippen molar-refractivity contribution in [1.29, 1.82) is 0 Å². The summed E-state index contributed by atoms with van der Waals surface area (Å²) in [6.07, 6.45) is 2.27. The third-order valence-corrected chi connectivity index (χ3v) is 7.12. The highest BCUT2D eigenvalue weighted by atomic mass is 32.1. The van der Waals surface area contributed by atoms with Crippen molar-refractivity contribution >= 4 is 28.1 Å². The second-order valence-electron chi connectivity index (χ2n) is 8.39. The van der Waals surface area contributed by atoms with Crippen LogP contribution >= 0.6 is 11.3 Å². The summed E-state index contributed by atoms with van der Waals surface area (Å²) in [4.78, 5) is 30.6. The first kappa shape index (κ1) is 22.7. The van der Waals surface area contributed by atoms with Crippen molar-refractivity contribution in [3.05, 3.63) is 94.5 Å². The van der Waals surface area contributed by atoms with Crippen LogP contribution in [0.5, 0.6) is 0 Å². The number of thiazole rings is 1. The van der Waals surface area contributed by atoms with E-state index in [-0.39, 0.29) is 24.4 Å². The Hall–Kier alpha value is -4.04. The molecule has 0 atom stereocenters. The fourth-order valence-corrected chi connectivity index (χ4v) is 5.21. The van der Waals surface area contributed by atoms with Gasteiger partial charge in [-0.2, -0.15) is 5.10 Å². The Bertz CT molecular complexity index is 1570. The van der Waals surface area contributed by atoms with Gasteiger partial charge in [0.1, 0.15) is 10.7 Å². The minimum atomic E-state index is -0.206. The SMILES string of the molecule is Cc1nc(-c2ccccc2)sc1-c1ccc(=O)n(CCNC(=O)Cc2cn(C)c3ccccc23)n1. The number of benzene rings is 2. The molecule has 5 aromatic rings. The molecule has 2 aromatic carbocycles. The van der Waals surface area contributed by atoms with Crippen LogP contribution in [0.25, 0.3) is 32.0 Å². The first-order chi connectivity index (χ1) is 17.0. The van der Waals surface area contributed by atoms with Crippen molar-refractivity contribution in [3.63, 3.8) is 0 Å². The van der Waals surface area contributed by atoms with E-state index in [2.05, 4.69) is 10.4 Å². The second-order valence-corrected chi connectivity index (χ2v) is 9.39. The summed E-state index contributed by atoms with van der Waals surface area (Å²) in [5.41, 5.74) is 4.49. The number of amides is 1. The molecule has 3 aromatic heterocycles. The van der Waals surface area contributed by atoms with Gasteiger partial charge in [0.2, 0.25) is 5.91 Å². The summed E-state index contributed by atoms with van der Waals surface area (Å²) in [5.74, 6) is -0.0867. The van der Waals surface area contributed by atoms with Gasteiger partial charge in [-0.1, -0.05) is 48.5 Å². The van der Waals surface area contributed by atoms with Gasteiger partial charge in [0.25, 0.3) is 5.56 Å². The average Bonchev–Trinajstić information content (AvgIpc) is 3.41. The highest BCUT2D eigenvalue weighted by molar-refractivity contribution is 7.18. The van der Waals surface area contributed by atoms with Crippen molar-refractivity contribution in [1.82, 2.24) is 24.6 Å². The molecule has 0 saturated carbocycles. The Morgan fingerprint density at radius 2 is 1.80 bits per heavy atom. The molecule has 0 aliphatic rings. The van der Waals surface area contributed by atoms with Crippen LogP contribution in [0.2, 0.25) is 0 Å². The monoisotopic (exact) mass is 483 g/mol. The molecule has 0 aliphatic carbocycles. The first-order valence-corrected chi connectivity index (χ1v) is 12.2. The summed E-state index contributed by atoms with van der Waals surface area (Å²) in [6.45, 7) is 2.55. The minimum Gasteiger partial charge on any atom is -0.354 e. The van der Waals surface area contributed by atoms with Crippen LogP contribution in [-0.2, 0) is 24.8 Å². The predicted octanol–water partition coefficient (Wildman–Crippen LogP) is 4.19. The van der Waals surface area contributed by atoms with Gasteiger partial charge in [0.05, 0.1) is 23.5 Å². The van der Waals surface area contributed by atoms with Gasteiger partial charge in [-0.3, -0.25) is 9.59 Å². The summed E-state index contributed by atoms with van der Waals surface area (Å²) in [6, 6.07) is 21.3. The lowest BCUT2D eigenvalue weighted by atomic mass is 10.1. The molecular formula is C27H25N5O2S. The molecule has 5 rings (SSSR count). The van der Waals surface area contributed by atoms with E-state index in [1.807, 2.05) is 79.3 Å². The second kappa shape index (κ2) is 9.68. The van der Waals surface area contributed by atoms with Gasteiger partial charge in [-0.25, -0.2) is 9.67 Å². The van der Waals surface area contributed by atoms with Gasteiger partial charge in [-0.05, 0) is 24.6 Å². The van der Waals surface area contributed by atoms with E-state index in [1.54, 1.807) is 17.4 Å². The lowest BCUT2D eigenvalue weighted by Crippen LogP contribution is -2.32. The van der Waals surface area contributed by atoms with E-state index in [0.29, 0.717) is 12.2 Å². The van der Waals surface area contributed by atoms with Crippen LogP contribution in [0.3, 0.4) is 0 Å². The normalized spacial score (nSPS) is 11.1. The van der Waals surface area contributed by atoms with Crippen LogP contribution < -0.4 is 10.9 Å². The van der Waals surface area contributed by atoms with Crippen molar-refractivity contribution in [2.24, 2.45) is 7.05 Å². The van der Waals surface area contributed by atoms with E-state index in [9.17, 15) is 9.59 Å². The molecule has 7 nitrogen and oxygen atoms in total. The Balaban J connectivity index is 1.27. The highest BCUT2D eigenvalue weighted by Crippen LogP contribution is 2.33. The molecule has 0 radical (unpaired) electrons. The maximum atomic E-state index is 12.6. The Morgan fingerprint density at radius 1 is 1.03 bits per heavy atom. The van der Waals surface area contributed by atoms with Crippen LogP contribution in [0, 0.1) is 6.92 Å². The van der Waals surface area contributed by atoms with Gasteiger partial charge in [0, 0.05) is 42.3 Å². The molecule has 8 heteroatoms. The fraction of sp³-hybridized carbons (Fsp3) is 0.185. The van der Waals surface area contributed by atoms with Crippen LogP contribution in [0.1, 0.15) is 11.3 Å². The zero-order valence-electron chi connectivity index (χ0n) is 19.6. The van der Waals surface area contributed by atoms with Crippen molar-refractivity contribution in [3.8, 4) is 21.1 Å². The van der Waals surface area contributed by atoms with Crippen LogP contribution in [0.4, 0.5) is 0 Å². The first-order valence-electron chi connectivity index (χ1n) is 11.4. The lowest BCUT2D eigenvalue weighted by molar-refractivity contribution is -0.120. The number of hydrogen-bond acceptors (Lipinski definition) is 5. The quantitative estimate of drug-likeness (QED) is 0.376. The van der Waals surface area contributed by atoms with Gasteiger partial charge < -0.3 is 9.88 Å². The van der Waals surface area contributed by atoms with E-state index in [1.165, 1.54) is 10.7 Å². The third kappa shape index (κ3) is 4.79. The Morgan fingerprint density at radius 3 is 2.63 bits per heavy atom. The standard InChI is InChI=1S/C27H25N5O2S/c1-18-26(35-27(29-18)19-8-4-3-5-9-19)22-12-13-25(34)32(30-22)15-14-28-24(33)16-20-17-31(2)23-11-7-6-10-21(20)23/h3-13,17H,14-16H2,1-2H3,(H,28,33). The number of nitrogens with zero attached hydrogens (tertiary/aromatic N) is 4. The van der Waals surface area contributed by atoms with Gasteiger partial charge in [0.15, 0.2) is 0 Å². The average molecular weight is 484 g/mol. The number of aromatic nitrogens is 4. The molecular weight excluding hydrogens is 458 g/mol. The predicted molar refractivity (Wildman–Crippen MR) is 139 cm³/mol. The number of carbonyl (C=O) groups is 1. The molecule has 35 heavy (non-hydrogen) atoms. The van der Waals surface area contributed by atoms with E-state index in [0.717, 1.165) is 37.6 Å². The summed E-state index contributed by atoms with van der Waals surface area (Å²) < 4.78 is 3.42. The highest BCUT2D eigenvalue weighted by Gasteiger charge is 2.14. The molecule has 0 saturated heterocycles. The topological polar surface area (TPSA) is 81.8 Å². The molecule has 0 unspecified atom stereocenters. The number of aryl methyl sites for hydroxylation is 2. The molecule has 1 N–H and O–H groups in total. The van der Waals surface area contributed by atoms with Crippen molar-refractivity contribution in [2.45, 2.75) is 19.9 Å². The number of rotatable bonds is 7. The molecule has 3 heterocycles. The number of hydrogen-bond donors (Lipinski definition) is 1. The number of nitrogens with one attached hydrogen (secondary N) is 1. The van der Waals surface area contributed by atoms with E-state index >= 15 is 0 Å². The number of fused-ring (bicyclic) bond motifs is 1. The molecule has 0 aliphatic heterocycles. The van der Waals surface area contributed by atoms with E-state index in [4.69, 9.17) is 4.98 Å². The maximum Gasteiger partial charge on any atom is 0.266 e.